The number of nitrogens with zero attached hydrogens (tertiary/aromatic N) is 1. The molecule has 2 rings (SSSR count). The Morgan fingerprint density at radius 3 is 2.75 bits per heavy atom. The summed E-state index contributed by atoms with van der Waals surface area (Å²) in [6.45, 7) is 0.00102. The molecule has 1 aromatic carbocycles. The molecule has 0 aliphatic rings. The van der Waals surface area contributed by atoms with E-state index in [0.717, 1.165) is 12.1 Å². The second-order valence-corrected chi connectivity index (χ2v) is 4.86. The molecule has 2 N–H and O–H groups in total. The van der Waals surface area contributed by atoms with E-state index in [2.05, 4.69) is 26.2 Å². The molecule has 0 radical (unpaired) electrons. The first kappa shape index (κ1) is 14.4. The van der Waals surface area contributed by atoms with Crippen molar-refractivity contribution >= 4 is 27.7 Å². The number of carbonyl (C=O) groups is 1. The van der Waals surface area contributed by atoms with Gasteiger partial charge >= 0.3 is 5.97 Å². The van der Waals surface area contributed by atoms with Gasteiger partial charge < -0.3 is 10.4 Å². The number of nitrogens with one attached hydrogen (secondary N) is 1. The van der Waals surface area contributed by atoms with E-state index in [-0.39, 0.29) is 23.5 Å². The van der Waals surface area contributed by atoms with Gasteiger partial charge in [0.1, 0.15) is 23.0 Å². The molecule has 0 atom stereocenters. The molecule has 20 heavy (non-hydrogen) atoms. The number of anilines is 1. The summed E-state index contributed by atoms with van der Waals surface area (Å²) in [5.41, 5.74) is 0.175. The van der Waals surface area contributed by atoms with Gasteiger partial charge in [-0.3, -0.25) is 0 Å². The fourth-order valence-corrected chi connectivity index (χ4v) is 1.92. The van der Waals surface area contributed by atoms with Crippen molar-refractivity contribution in [2.45, 2.75) is 6.54 Å². The van der Waals surface area contributed by atoms with Gasteiger partial charge in [0.15, 0.2) is 0 Å². The van der Waals surface area contributed by atoms with Crippen molar-refractivity contribution in [3.63, 3.8) is 0 Å². The fraction of sp³-hybridized carbons (Fsp3) is 0.0769. The van der Waals surface area contributed by atoms with E-state index in [1.807, 2.05) is 0 Å². The Labute approximate surface area is 121 Å². The maximum atomic E-state index is 13.5. The van der Waals surface area contributed by atoms with Gasteiger partial charge in [-0.25, -0.2) is 18.6 Å². The quantitative estimate of drug-likeness (QED) is 0.893. The molecule has 0 aliphatic heterocycles. The SMILES string of the molecule is O=C(O)c1cc(Br)cnc1NCc1ccc(F)cc1F. The number of aromatic nitrogens is 1. The molecule has 104 valence electrons. The van der Waals surface area contributed by atoms with Crippen LogP contribution < -0.4 is 5.32 Å². The highest BCUT2D eigenvalue weighted by atomic mass is 79.9. The lowest BCUT2D eigenvalue weighted by molar-refractivity contribution is 0.0697. The van der Waals surface area contributed by atoms with E-state index >= 15 is 0 Å². The van der Waals surface area contributed by atoms with E-state index in [9.17, 15) is 13.6 Å². The van der Waals surface area contributed by atoms with Crippen LogP contribution in [0.3, 0.4) is 0 Å². The zero-order chi connectivity index (χ0) is 14.7. The van der Waals surface area contributed by atoms with Gasteiger partial charge in [-0.2, -0.15) is 0 Å². The first-order valence-electron chi connectivity index (χ1n) is 5.54. The Balaban J connectivity index is 2.20. The van der Waals surface area contributed by atoms with Crippen LogP contribution in [0.15, 0.2) is 34.9 Å². The Bertz CT molecular complexity index is 665. The van der Waals surface area contributed by atoms with Crippen LogP contribution >= 0.6 is 15.9 Å². The third-order valence-electron chi connectivity index (χ3n) is 2.55. The Morgan fingerprint density at radius 1 is 1.35 bits per heavy atom. The largest absolute Gasteiger partial charge is 0.478 e. The Kier molecular flexibility index (Phi) is 4.29. The van der Waals surface area contributed by atoms with Gasteiger partial charge in [0.05, 0.1) is 0 Å². The summed E-state index contributed by atoms with van der Waals surface area (Å²) in [7, 11) is 0. The van der Waals surface area contributed by atoms with Crippen LogP contribution in [0.25, 0.3) is 0 Å². The van der Waals surface area contributed by atoms with Crippen LogP contribution in [-0.2, 0) is 6.54 Å². The third kappa shape index (κ3) is 3.30. The molecule has 0 fully saturated rings. The highest BCUT2D eigenvalue weighted by molar-refractivity contribution is 9.10. The normalized spacial score (nSPS) is 10.3. The molecule has 0 bridgehead atoms. The summed E-state index contributed by atoms with van der Waals surface area (Å²) < 4.78 is 26.7. The summed E-state index contributed by atoms with van der Waals surface area (Å²) in [5.74, 6) is -2.41. The van der Waals surface area contributed by atoms with E-state index in [0.29, 0.717) is 4.47 Å². The Hall–Kier alpha value is -2.02. The second kappa shape index (κ2) is 5.96. The number of pyridine rings is 1. The zero-order valence-corrected chi connectivity index (χ0v) is 11.6. The van der Waals surface area contributed by atoms with Crippen LogP contribution in [-0.4, -0.2) is 16.1 Å². The van der Waals surface area contributed by atoms with Gasteiger partial charge in [-0.05, 0) is 28.1 Å². The fourth-order valence-electron chi connectivity index (χ4n) is 1.59. The summed E-state index contributed by atoms with van der Waals surface area (Å²) in [4.78, 5) is 15.0. The summed E-state index contributed by atoms with van der Waals surface area (Å²) in [6, 6.07) is 4.58. The van der Waals surface area contributed by atoms with Crippen LogP contribution in [0.2, 0.25) is 0 Å². The second-order valence-electron chi connectivity index (χ2n) is 3.94. The molecule has 1 aromatic heterocycles. The van der Waals surface area contributed by atoms with Crippen molar-refractivity contribution in [3.8, 4) is 0 Å². The van der Waals surface area contributed by atoms with Crippen LogP contribution in [0.4, 0.5) is 14.6 Å². The molecule has 0 spiro atoms. The predicted octanol–water partition coefficient (Wildman–Crippen LogP) is 3.43. The van der Waals surface area contributed by atoms with E-state index in [1.165, 1.54) is 18.3 Å². The lowest BCUT2D eigenvalue weighted by Crippen LogP contribution is -2.09. The molecule has 7 heteroatoms. The average molecular weight is 343 g/mol. The maximum Gasteiger partial charge on any atom is 0.339 e. The number of benzene rings is 1. The minimum absolute atomic E-state index is 0.00102. The van der Waals surface area contributed by atoms with Gasteiger partial charge in [0.2, 0.25) is 0 Å². The van der Waals surface area contributed by atoms with Crippen LogP contribution in [0.1, 0.15) is 15.9 Å². The highest BCUT2D eigenvalue weighted by Crippen LogP contribution is 2.19. The van der Waals surface area contributed by atoms with Crippen molar-refractivity contribution in [3.05, 3.63) is 57.7 Å². The minimum atomic E-state index is -1.15. The van der Waals surface area contributed by atoms with Crippen molar-refractivity contribution in [1.82, 2.24) is 4.98 Å². The maximum absolute atomic E-state index is 13.5. The molecular weight excluding hydrogens is 334 g/mol. The lowest BCUT2D eigenvalue weighted by atomic mass is 10.2. The number of carboxylic acids is 1. The molecule has 0 saturated carbocycles. The predicted molar refractivity (Wildman–Crippen MR) is 72.6 cm³/mol. The van der Waals surface area contributed by atoms with E-state index in [4.69, 9.17) is 5.11 Å². The molecule has 1 heterocycles. The standard InChI is InChI=1S/C13H9BrF2N2O2/c14-8-3-10(13(19)20)12(18-6-8)17-5-7-1-2-9(15)4-11(7)16/h1-4,6H,5H2,(H,17,18)(H,19,20). The molecule has 0 unspecified atom stereocenters. The number of hydrogen-bond donors (Lipinski definition) is 2. The van der Waals surface area contributed by atoms with Gasteiger partial charge in [0, 0.05) is 28.8 Å². The number of rotatable bonds is 4. The van der Waals surface area contributed by atoms with Gasteiger partial charge in [-0.1, -0.05) is 6.07 Å². The molecule has 2 aromatic rings. The summed E-state index contributed by atoms with van der Waals surface area (Å²) in [6.07, 6.45) is 1.43. The summed E-state index contributed by atoms with van der Waals surface area (Å²) >= 11 is 3.12. The number of halogens is 3. The lowest BCUT2D eigenvalue weighted by Gasteiger charge is -2.09. The van der Waals surface area contributed by atoms with Crippen molar-refractivity contribution in [1.29, 1.82) is 0 Å². The van der Waals surface area contributed by atoms with E-state index < -0.39 is 17.6 Å². The smallest absolute Gasteiger partial charge is 0.339 e. The van der Waals surface area contributed by atoms with Crippen molar-refractivity contribution in [2.24, 2.45) is 0 Å². The van der Waals surface area contributed by atoms with Crippen LogP contribution in [0, 0.1) is 11.6 Å². The Morgan fingerprint density at radius 2 is 2.10 bits per heavy atom. The molecule has 0 saturated heterocycles. The van der Waals surface area contributed by atoms with Gasteiger partial charge in [0.25, 0.3) is 0 Å². The summed E-state index contributed by atoms with van der Waals surface area (Å²) in [5, 5.41) is 11.8. The topological polar surface area (TPSA) is 62.2 Å². The molecule has 0 amide bonds. The first-order chi connectivity index (χ1) is 9.47. The van der Waals surface area contributed by atoms with Gasteiger partial charge in [-0.15, -0.1) is 0 Å². The zero-order valence-electron chi connectivity index (χ0n) is 10.0. The molecule has 4 nitrogen and oxygen atoms in total. The third-order valence-corrected chi connectivity index (χ3v) is 2.98. The number of carboxylic acid groups (broad SMARTS) is 1. The first-order valence-corrected chi connectivity index (χ1v) is 6.33. The molecule has 0 aliphatic carbocycles. The van der Waals surface area contributed by atoms with E-state index in [1.54, 1.807) is 0 Å². The number of hydrogen-bond acceptors (Lipinski definition) is 3. The average Bonchev–Trinajstić information content (AvgIpc) is 2.38. The highest BCUT2D eigenvalue weighted by Gasteiger charge is 2.12. The van der Waals surface area contributed by atoms with Crippen molar-refractivity contribution in [2.75, 3.05) is 5.32 Å². The monoisotopic (exact) mass is 342 g/mol. The molecular formula is C13H9BrF2N2O2. The minimum Gasteiger partial charge on any atom is -0.478 e. The number of aromatic carboxylic acids is 1. The van der Waals surface area contributed by atoms with Crippen LogP contribution in [0.5, 0.6) is 0 Å². The van der Waals surface area contributed by atoms with Crippen molar-refractivity contribution < 1.29 is 18.7 Å².